The third kappa shape index (κ3) is 3.40. The average Bonchev–Trinajstić information content (AvgIpc) is 2.52. The quantitative estimate of drug-likeness (QED) is 0.905. The largest absolute Gasteiger partial charge is 0.319 e. The average molecular weight is 290 g/mol. The molecule has 0 aromatic carbocycles. The Morgan fingerprint density at radius 2 is 2.33 bits per heavy atom. The first-order chi connectivity index (χ1) is 6.97. The normalized spacial score (nSPS) is 14.9. The van der Waals surface area contributed by atoms with Crippen LogP contribution >= 0.6 is 27.3 Å². The minimum absolute atomic E-state index is 0.118. The van der Waals surface area contributed by atoms with E-state index in [2.05, 4.69) is 15.9 Å². The second-order valence-corrected chi connectivity index (χ2v) is 5.81. The van der Waals surface area contributed by atoms with E-state index in [1.165, 1.54) is 0 Å². The molecule has 0 amide bonds. The lowest BCUT2D eigenvalue weighted by molar-refractivity contribution is -0.123. The third-order valence-electron chi connectivity index (χ3n) is 2.42. The van der Waals surface area contributed by atoms with Crippen LogP contribution in [-0.2, 0) is 11.2 Å². The van der Waals surface area contributed by atoms with Crippen molar-refractivity contribution in [1.82, 2.24) is 0 Å². The van der Waals surface area contributed by atoms with Gasteiger partial charge in [0, 0.05) is 15.8 Å². The van der Waals surface area contributed by atoms with Crippen molar-refractivity contribution in [2.24, 2.45) is 5.73 Å². The van der Waals surface area contributed by atoms with Crippen molar-refractivity contribution in [2.75, 3.05) is 0 Å². The van der Waals surface area contributed by atoms with Crippen LogP contribution in [0.2, 0.25) is 0 Å². The Morgan fingerprint density at radius 3 is 2.80 bits per heavy atom. The Labute approximate surface area is 103 Å². The molecule has 1 rings (SSSR count). The first-order valence-corrected chi connectivity index (χ1v) is 6.68. The fourth-order valence-electron chi connectivity index (χ4n) is 1.46. The van der Waals surface area contributed by atoms with Gasteiger partial charge in [0.25, 0.3) is 0 Å². The van der Waals surface area contributed by atoms with Crippen LogP contribution < -0.4 is 5.73 Å². The highest BCUT2D eigenvalue weighted by Gasteiger charge is 2.27. The molecule has 1 aromatic heterocycles. The molecule has 0 spiro atoms. The summed E-state index contributed by atoms with van der Waals surface area (Å²) in [5.74, 6) is 0.118. The smallest absolute Gasteiger partial charge is 0.157 e. The maximum absolute atomic E-state index is 11.9. The number of rotatable bonds is 5. The van der Waals surface area contributed by atoms with Crippen LogP contribution in [0.5, 0.6) is 0 Å². The van der Waals surface area contributed by atoms with Crippen molar-refractivity contribution >= 4 is 33.0 Å². The van der Waals surface area contributed by atoms with Gasteiger partial charge in [-0.25, -0.2) is 0 Å². The standard InChI is InChI=1S/C11H16BrNOS/c1-3-5-11(2,13)10(14)7-9-8(12)4-6-15-9/h4,6H,3,5,7,13H2,1-2H3. The summed E-state index contributed by atoms with van der Waals surface area (Å²) >= 11 is 5.01. The summed E-state index contributed by atoms with van der Waals surface area (Å²) < 4.78 is 1.01. The molecule has 0 aliphatic heterocycles. The third-order valence-corrected chi connectivity index (χ3v) is 4.34. The van der Waals surface area contributed by atoms with Crippen LogP contribution in [0.25, 0.3) is 0 Å². The van der Waals surface area contributed by atoms with Gasteiger partial charge in [-0.05, 0) is 40.7 Å². The second kappa shape index (κ2) is 5.23. The van der Waals surface area contributed by atoms with Gasteiger partial charge >= 0.3 is 0 Å². The predicted molar refractivity (Wildman–Crippen MR) is 68.2 cm³/mol. The van der Waals surface area contributed by atoms with Crippen LogP contribution in [0, 0.1) is 0 Å². The number of thiophene rings is 1. The molecule has 2 N–H and O–H groups in total. The van der Waals surface area contributed by atoms with E-state index in [0.717, 1.165) is 22.2 Å². The number of carbonyl (C=O) groups is 1. The fraction of sp³-hybridized carbons (Fsp3) is 0.545. The Morgan fingerprint density at radius 1 is 1.67 bits per heavy atom. The van der Waals surface area contributed by atoms with Crippen molar-refractivity contribution in [1.29, 1.82) is 0 Å². The summed E-state index contributed by atoms with van der Waals surface area (Å²) in [6.07, 6.45) is 2.12. The molecule has 0 fully saturated rings. The number of hydrogen-bond donors (Lipinski definition) is 1. The van der Waals surface area contributed by atoms with E-state index in [-0.39, 0.29) is 5.78 Å². The molecule has 84 valence electrons. The van der Waals surface area contributed by atoms with E-state index in [9.17, 15) is 4.79 Å². The zero-order valence-corrected chi connectivity index (χ0v) is 11.5. The molecule has 0 aliphatic rings. The highest BCUT2D eigenvalue weighted by Crippen LogP contribution is 2.25. The molecule has 4 heteroatoms. The minimum Gasteiger partial charge on any atom is -0.319 e. The zero-order chi connectivity index (χ0) is 11.5. The Kier molecular flexibility index (Phi) is 4.49. The molecule has 0 saturated carbocycles. The maximum atomic E-state index is 11.9. The molecule has 0 saturated heterocycles. The lowest BCUT2D eigenvalue weighted by Crippen LogP contribution is -2.45. The topological polar surface area (TPSA) is 43.1 Å². The number of nitrogens with two attached hydrogens (primary N) is 1. The van der Waals surface area contributed by atoms with E-state index in [4.69, 9.17) is 5.73 Å². The summed E-state index contributed by atoms with van der Waals surface area (Å²) in [5.41, 5.74) is 5.29. The Hall–Kier alpha value is -0.190. The number of ketones is 1. The fourth-order valence-corrected chi connectivity index (χ4v) is 2.95. The van der Waals surface area contributed by atoms with E-state index in [1.54, 1.807) is 11.3 Å². The van der Waals surface area contributed by atoms with Crippen LogP contribution in [0.4, 0.5) is 0 Å². The van der Waals surface area contributed by atoms with E-state index in [1.807, 2.05) is 25.3 Å². The molecule has 2 nitrogen and oxygen atoms in total. The molecule has 1 unspecified atom stereocenters. The molecule has 0 radical (unpaired) electrons. The second-order valence-electron chi connectivity index (χ2n) is 3.96. The Bertz CT molecular complexity index is 346. The van der Waals surface area contributed by atoms with E-state index in [0.29, 0.717) is 6.42 Å². The number of hydrogen-bond acceptors (Lipinski definition) is 3. The molecule has 1 heterocycles. The maximum Gasteiger partial charge on any atom is 0.157 e. The molecule has 0 bridgehead atoms. The van der Waals surface area contributed by atoms with E-state index >= 15 is 0 Å². The van der Waals surface area contributed by atoms with Crippen LogP contribution in [-0.4, -0.2) is 11.3 Å². The predicted octanol–water partition coefficient (Wildman–Crippen LogP) is 3.14. The molecule has 15 heavy (non-hydrogen) atoms. The number of halogens is 1. The summed E-state index contributed by atoms with van der Waals surface area (Å²) in [4.78, 5) is 13.0. The summed E-state index contributed by atoms with van der Waals surface area (Å²) in [7, 11) is 0. The molecular formula is C11H16BrNOS. The van der Waals surface area contributed by atoms with Crippen molar-refractivity contribution in [2.45, 2.75) is 38.6 Å². The van der Waals surface area contributed by atoms with Gasteiger partial charge in [0.05, 0.1) is 5.54 Å². The summed E-state index contributed by atoms with van der Waals surface area (Å²) in [5, 5.41) is 1.97. The van der Waals surface area contributed by atoms with Crippen molar-refractivity contribution in [3.05, 3.63) is 20.8 Å². The van der Waals surface area contributed by atoms with Gasteiger partial charge < -0.3 is 5.73 Å². The van der Waals surface area contributed by atoms with Gasteiger partial charge in [-0.3, -0.25) is 4.79 Å². The van der Waals surface area contributed by atoms with Gasteiger partial charge in [0.15, 0.2) is 5.78 Å². The summed E-state index contributed by atoms with van der Waals surface area (Å²) in [6, 6.07) is 1.96. The van der Waals surface area contributed by atoms with Crippen LogP contribution in [0.3, 0.4) is 0 Å². The van der Waals surface area contributed by atoms with Crippen molar-refractivity contribution < 1.29 is 4.79 Å². The first-order valence-electron chi connectivity index (χ1n) is 5.01. The first kappa shape index (κ1) is 12.9. The summed E-state index contributed by atoms with van der Waals surface area (Å²) in [6.45, 7) is 3.86. The van der Waals surface area contributed by atoms with Gasteiger partial charge in [-0.1, -0.05) is 13.3 Å². The molecular weight excluding hydrogens is 274 g/mol. The van der Waals surface area contributed by atoms with Gasteiger partial charge in [0.1, 0.15) is 0 Å². The van der Waals surface area contributed by atoms with Crippen molar-refractivity contribution in [3.8, 4) is 0 Å². The Balaban J connectivity index is 2.67. The molecule has 1 atom stereocenters. The van der Waals surface area contributed by atoms with Gasteiger partial charge in [-0.2, -0.15) is 0 Å². The SMILES string of the molecule is CCCC(C)(N)C(=O)Cc1sccc1Br. The van der Waals surface area contributed by atoms with E-state index < -0.39 is 5.54 Å². The van der Waals surface area contributed by atoms with Gasteiger partial charge in [0.2, 0.25) is 0 Å². The van der Waals surface area contributed by atoms with Crippen LogP contribution in [0.15, 0.2) is 15.9 Å². The minimum atomic E-state index is -0.682. The zero-order valence-electron chi connectivity index (χ0n) is 9.05. The number of carbonyl (C=O) groups excluding carboxylic acids is 1. The molecule has 0 aliphatic carbocycles. The van der Waals surface area contributed by atoms with Crippen LogP contribution in [0.1, 0.15) is 31.6 Å². The van der Waals surface area contributed by atoms with Gasteiger partial charge in [-0.15, -0.1) is 11.3 Å². The highest BCUT2D eigenvalue weighted by molar-refractivity contribution is 9.10. The van der Waals surface area contributed by atoms with Crippen molar-refractivity contribution in [3.63, 3.8) is 0 Å². The lowest BCUT2D eigenvalue weighted by Gasteiger charge is -2.22. The lowest BCUT2D eigenvalue weighted by atomic mass is 9.90. The highest BCUT2D eigenvalue weighted by atomic mass is 79.9. The monoisotopic (exact) mass is 289 g/mol. The molecule has 1 aromatic rings. The number of Topliss-reactive ketones (excluding diaryl/α,β-unsaturated/α-hetero) is 1.